The van der Waals surface area contributed by atoms with Gasteiger partial charge in [-0.25, -0.2) is 9.78 Å². The summed E-state index contributed by atoms with van der Waals surface area (Å²) in [5, 5.41) is 22.3. The number of carbonyl (C=O) groups is 1. The highest BCUT2D eigenvalue weighted by Crippen LogP contribution is 2.34. The topological polar surface area (TPSA) is 109 Å². The van der Waals surface area contributed by atoms with Crippen LogP contribution in [0.25, 0.3) is 0 Å². The van der Waals surface area contributed by atoms with Crippen LogP contribution >= 0.6 is 0 Å². The van der Waals surface area contributed by atoms with Crippen molar-refractivity contribution in [3.05, 3.63) is 27.9 Å². The average Bonchev–Trinajstić information content (AvgIpc) is 2.86. The highest BCUT2D eigenvalue weighted by molar-refractivity contribution is 5.66. The van der Waals surface area contributed by atoms with E-state index < -0.39 is 34.5 Å². The highest BCUT2D eigenvalue weighted by Gasteiger charge is 2.35. The largest absolute Gasteiger partial charge is 0.465 e. The molecule has 120 valence electrons. The number of pyridine rings is 1. The second-order valence-corrected chi connectivity index (χ2v) is 4.71. The number of halogens is 3. The minimum absolute atomic E-state index is 0.0786. The van der Waals surface area contributed by atoms with Crippen molar-refractivity contribution in [1.82, 2.24) is 9.88 Å². The summed E-state index contributed by atoms with van der Waals surface area (Å²) in [5.41, 5.74) is -2.02. The molecule has 1 aliphatic heterocycles. The molecule has 1 aliphatic rings. The molecule has 2 N–H and O–H groups in total. The van der Waals surface area contributed by atoms with Gasteiger partial charge in [-0.05, 0) is 6.42 Å². The van der Waals surface area contributed by atoms with E-state index in [1.54, 1.807) is 0 Å². The molecule has 0 spiro atoms. The van der Waals surface area contributed by atoms with E-state index in [4.69, 9.17) is 5.11 Å². The molecule has 0 bridgehead atoms. The number of hydrogen-bond donors (Lipinski definition) is 2. The van der Waals surface area contributed by atoms with E-state index in [-0.39, 0.29) is 18.9 Å². The third-order valence-corrected chi connectivity index (χ3v) is 3.19. The summed E-state index contributed by atoms with van der Waals surface area (Å²) in [4.78, 5) is 25.3. The van der Waals surface area contributed by atoms with Crippen molar-refractivity contribution in [2.45, 2.75) is 18.6 Å². The lowest BCUT2D eigenvalue weighted by Crippen LogP contribution is -2.30. The number of hydrogen-bond acceptors (Lipinski definition) is 5. The van der Waals surface area contributed by atoms with Gasteiger partial charge in [-0.1, -0.05) is 0 Å². The lowest BCUT2D eigenvalue weighted by Gasteiger charge is -2.15. The summed E-state index contributed by atoms with van der Waals surface area (Å²) in [6, 6.07) is -0.0433. The van der Waals surface area contributed by atoms with E-state index in [2.05, 4.69) is 10.3 Å². The van der Waals surface area contributed by atoms with E-state index >= 15 is 0 Å². The Morgan fingerprint density at radius 3 is 2.73 bits per heavy atom. The summed E-state index contributed by atoms with van der Waals surface area (Å²) in [7, 11) is 0. The monoisotopic (exact) mass is 320 g/mol. The van der Waals surface area contributed by atoms with E-state index in [1.165, 1.54) is 0 Å². The minimum Gasteiger partial charge on any atom is -0.465 e. The number of alkyl halides is 3. The first-order valence-electron chi connectivity index (χ1n) is 6.14. The third kappa shape index (κ3) is 3.35. The summed E-state index contributed by atoms with van der Waals surface area (Å²) in [5.74, 6) is -0.310. The molecule has 1 unspecified atom stereocenters. The maximum absolute atomic E-state index is 12.6. The molecule has 8 nitrogen and oxygen atoms in total. The van der Waals surface area contributed by atoms with Crippen LogP contribution in [0.1, 0.15) is 12.0 Å². The quantitative estimate of drug-likeness (QED) is 0.652. The summed E-state index contributed by atoms with van der Waals surface area (Å²) in [6.45, 7) is 0.316. The molecule has 0 aromatic carbocycles. The van der Waals surface area contributed by atoms with Crippen LogP contribution in [0.4, 0.5) is 29.5 Å². The maximum atomic E-state index is 12.6. The first kappa shape index (κ1) is 15.8. The van der Waals surface area contributed by atoms with Crippen molar-refractivity contribution in [3.63, 3.8) is 0 Å². The molecule has 11 heteroatoms. The molecule has 0 radical (unpaired) electrons. The van der Waals surface area contributed by atoms with Crippen LogP contribution in [0, 0.1) is 10.1 Å². The van der Waals surface area contributed by atoms with E-state index in [1.807, 2.05) is 0 Å². The predicted molar refractivity (Wildman–Crippen MR) is 67.5 cm³/mol. The Bertz CT molecular complexity index is 607. The molecule has 1 amide bonds. The number of nitrogens with one attached hydrogen (secondary N) is 1. The molecule has 1 fully saturated rings. The fourth-order valence-electron chi connectivity index (χ4n) is 2.10. The number of carboxylic acid groups (broad SMARTS) is 1. The zero-order valence-electron chi connectivity index (χ0n) is 11.0. The van der Waals surface area contributed by atoms with Gasteiger partial charge in [0.1, 0.15) is 0 Å². The van der Waals surface area contributed by atoms with E-state index in [0.29, 0.717) is 18.7 Å². The minimum atomic E-state index is -4.73. The lowest BCUT2D eigenvalue weighted by molar-refractivity contribution is -0.384. The van der Waals surface area contributed by atoms with Crippen molar-refractivity contribution >= 4 is 17.6 Å². The van der Waals surface area contributed by atoms with Gasteiger partial charge in [0.2, 0.25) is 5.82 Å². The van der Waals surface area contributed by atoms with Crippen LogP contribution in [0.15, 0.2) is 12.3 Å². The molecule has 0 saturated carbocycles. The zero-order chi connectivity index (χ0) is 16.5. The number of likely N-dealkylation sites (tertiary alicyclic amines) is 1. The van der Waals surface area contributed by atoms with Gasteiger partial charge < -0.3 is 15.3 Å². The van der Waals surface area contributed by atoms with Gasteiger partial charge in [0, 0.05) is 31.4 Å². The molecule has 2 heterocycles. The Kier molecular flexibility index (Phi) is 4.06. The van der Waals surface area contributed by atoms with Crippen LogP contribution in [0.3, 0.4) is 0 Å². The first-order valence-corrected chi connectivity index (χ1v) is 6.14. The van der Waals surface area contributed by atoms with Crippen molar-refractivity contribution in [1.29, 1.82) is 0 Å². The Labute approximate surface area is 121 Å². The molecule has 2 rings (SSSR count). The van der Waals surface area contributed by atoms with Gasteiger partial charge in [-0.2, -0.15) is 13.2 Å². The first-order chi connectivity index (χ1) is 10.2. The van der Waals surface area contributed by atoms with Gasteiger partial charge >= 0.3 is 18.0 Å². The number of rotatable bonds is 3. The predicted octanol–water partition coefficient (Wildman–Crippen LogP) is 2.17. The summed E-state index contributed by atoms with van der Waals surface area (Å²) < 4.78 is 37.7. The molecular weight excluding hydrogens is 309 g/mol. The van der Waals surface area contributed by atoms with Gasteiger partial charge in [0.15, 0.2) is 0 Å². The molecule has 1 aromatic heterocycles. The second-order valence-electron chi connectivity index (χ2n) is 4.71. The summed E-state index contributed by atoms with van der Waals surface area (Å²) >= 11 is 0. The van der Waals surface area contributed by atoms with Crippen LogP contribution in [-0.4, -0.2) is 45.1 Å². The van der Waals surface area contributed by atoms with Crippen molar-refractivity contribution in [3.8, 4) is 0 Å². The number of nitrogens with zero attached hydrogens (tertiary/aromatic N) is 3. The van der Waals surface area contributed by atoms with Gasteiger partial charge in [0.05, 0.1) is 10.5 Å². The van der Waals surface area contributed by atoms with Crippen molar-refractivity contribution in [2.24, 2.45) is 0 Å². The van der Waals surface area contributed by atoms with Crippen LogP contribution < -0.4 is 5.32 Å². The zero-order valence-corrected chi connectivity index (χ0v) is 11.0. The average molecular weight is 320 g/mol. The second kappa shape index (κ2) is 5.66. The standard InChI is InChI=1S/C11H11F3N4O4/c12-11(13,14)6-3-8(18(21)22)9(15-4-6)16-7-1-2-17(5-7)10(19)20/h3-4,7H,1-2,5H2,(H,15,16)(H,19,20). The molecule has 1 atom stereocenters. The summed E-state index contributed by atoms with van der Waals surface area (Å²) in [6.07, 6.45) is -4.98. The van der Waals surface area contributed by atoms with E-state index in [0.717, 1.165) is 4.90 Å². The van der Waals surface area contributed by atoms with Crippen LogP contribution in [0.2, 0.25) is 0 Å². The number of anilines is 1. The lowest BCUT2D eigenvalue weighted by atomic mass is 10.2. The third-order valence-electron chi connectivity index (χ3n) is 3.19. The maximum Gasteiger partial charge on any atom is 0.418 e. The normalized spacial score (nSPS) is 18.3. The smallest absolute Gasteiger partial charge is 0.418 e. The SMILES string of the molecule is O=C(O)N1CCC(Nc2ncc(C(F)(F)F)cc2[N+](=O)[O-])C1. The molecule has 0 aliphatic carbocycles. The van der Waals surface area contributed by atoms with Gasteiger partial charge in [-0.15, -0.1) is 0 Å². The Morgan fingerprint density at radius 1 is 1.55 bits per heavy atom. The number of amides is 1. The molecule has 1 aromatic rings. The highest BCUT2D eigenvalue weighted by atomic mass is 19.4. The van der Waals surface area contributed by atoms with Gasteiger partial charge in [-0.3, -0.25) is 10.1 Å². The molecule has 1 saturated heterocycles. The number of nitro groups is 1. The van der Waals surface area contributed by atoms with Crippen LogP contribution in [0.5, 0.6) is 0 Å². The fraction of sp³-hybridized carbons (Fsp3) is 0.455. The Morgan fingerprint density at radius 2 is 2.23 bits per heavy atom. The fourth-order valence-corrected chi connectivity index (χ4v) is 2.10. The molecule has 22 heavy (non-hydrogen) atoms. The van der Waals surface area contributed by atoms with Crippen molar-refractivity contribution < 1.29 is 28.0 Å². The van der Waals surface area contributed by atoms with Crippen molar-refractivity contribution in [2.75, 3.05) is 18.4 Å². The van der Waals surface area contributed by atoms with Gasteiger partial charge in [0.25, 0.3) is 0 Å². The Hall–Kier alpha value is -2.59. The number of aromatic nitrogens is 1. The van der Waals surface area contributed by atoms with Crippen LogP contribution in [-0.2, 0) is 6.18 Å². The molecular formula is C11H11F3N4O4. The Balaban J connectivity index is 2.21. The van der Waals surface area contributed by atoms with E-state index in [9.17, 15) is 28.1 Å².